The Balaban J connectivity index is 1.74. The summed E-state index contributed by atoms with van der Waals surface area (Å²) in [4.78, 5) is 36.5. The molecule has 33 heavy (non-hydrogen) atoms. The van der Waals surface area contributed by atoms with E-state index in [1.807, 2.05) is 24.3 Å². The van der Waals surface area contributed by atoms with Gasteiger partial charge in [0.15, 0.2) is 11.0 Å². The van der Waals surface area contributed by atoms with E-state index in [9.17, 15) is 14.4 Å². The molecule has 0 aliphatic heterocycles. The summed E-state index contributed by atoms with van der Waals surface area (Å²) in [5, 5.41) is 11.5. The number of carbonyl (C=O) groups excluding carboxylic acids is 3. The molecular weight excluding hydrogens is 448 g/mol. The van der Waals surface area contributed by atoms with Crippen LogP contribution in [0.15, 0.2) is 47.6 Å². The fourth-order valence-corrected chi connectivity index (χ4v) is 3.66. The number of hydrogen-bond donors (Lipinski definition) is 1. The van der Waals surface area contributed by atoms with Gasteiger partial charge in [0.05, 0.1) is 43.9 Å². The molecule has 0 aliphatic carbocycles. The third-order valence-electron chi connectivity index (χ3n) is 4.62. The Morgan fingerprint density at radius 3 is 2.45 bits per heavy atom. The number of rotatable bonds is 8. The van der Waals surface area contributed by atoms with Gasteiger partial charge < -0.3 is 24.1 Å². The largest absolute Gasteiger partial charge is 0.497 e. The van der Waals surface area contributed by atoms with Gasteiger partial charge in [-0.25, -0.2) is 9.59 Å². The van der Waals surface area contributed by atoms with E-state index >= 15 is 0 Å². The SMILES string of the molecule is COC(=O)c1ccc(C(=O)OC)c(NC(=O)CSc2nnc(-c3cccc(OC)c3)n2C)c1. The Morgan fingerprint density at radius 1 is 1.00 bits per heavy atom. The summed E-state index contributed by atoms with van der Waals surface area (Å²) < 4.78 is 16.5. The molecule has 10 nitrogen and oxygen atoms in total. The van der Waals surface area contributed by atoms with Gasteiger partial charge in [0, 0.05) is 12.6 Å². The molecule has 0 fully saturated rings. The number of thioether (sulfide) groups is 1. The monoisotopic (exact) mass is 470 g/mol. The predicted octanol–water partition coefficient (Wildman–Crippen LogP) is 2.79. The van der Waals surface area contributed by atoms with Crippen LogP contribution in [0, 0.1) is 0 Å². The van der Waals surface area contributed by atoms with Gasteiger partial charge in [0.2, 0.25) is 5.91 Å². The summed E-state index contributed by atoms with van der Waals surface area (Å²) in [5.41, 5.74) is 1.26. The number of carbonyl (C=O) groups is 3. The maximum atomic E-state index is 12.6. The quantitative estimate of drug-likeness (QED) is 0.391. The van der Waals surface area contributed by atoms with Gasteiger partial charge in [-0.15, -0.1) is 10.2 Å². The first-order valence-electron chi connectivity index (χ1n) is 9.65. The fourth-order valence-electron chi connectivity index (χ4n) is 2.95. The summed E-state index contributed by atoms with van der Waals surface area (Å²) in [6.07, 6.45) is 0. The molecule has 0 saturated carbocycles. The second kappa shape index (κ2) is 10.6. The van der Waals surface area contributed by atoms with Crippen molar-refractivity contribution in [1.29, 1.82) is 0 Å². The summed E-state index contributed by atoms with van der Waals surface area (Å²) in [6.45, 7) is 0. The number of anilines is 1. The Labute approximate surface area is 194 Å². The van der Waals surface area contributed by atoms with Crippen LogP contribution in [-0.4, -0.2) is 59.7 Å². The summed E-state index contributed by atoms with van der Waals surface area (Å²) in [6, 6.07) is 11.6. The van der Waals surface area contributed by atoms with Gasteiger partial charge >= 0.3 is 11.9 Å². The van der Waals surface area contributed by atoms with E-state index in [2.05, 4.69) is 15.5 Å². The maximum Gasteiger partial charge on any atom is 0.339 e. The van der Waals surface area contributed by atoms with Crippen molar-refractivity contribution in [3.05, 3.63) is 53.6 Å². The smallest absolute Gasteiger partial charge is 0.339 e. The van der Waals surface area contributed by atoms with Crippen molar-refractivity contribution in [2.75, 3.05) is 32.4 Å². The number of hydrogen-bond acceptors (Lipinski definition) is 9. The predicted molar refractivity (Wildman–Crippen MR) is 121 cm³/mol. The zero-order valence-electron chi connectivity index (χ0n) is 18.4. The summed E-state index contributed by atoms with van der Waals surface area (Å²) in [7, 11) is 5.85. The van der Waals surface area contributed by atoms with Gasteiger partial charge in [-0.2, -0.15) is 0 Å². The van der Waals surface area contributed by atoms with Crippen LogP contribution in [0.2, 0.25) is 0 Å². The van der Waals surface area contributed by atoms with Crippen molar-refractivity contribution in [2.45, 2.75) is 5.16 Å². The third kappa shape index (κ3) is 5.50. The van der Waals surface area contributed by atoms with Crippen molar-refractivity contribution in [3.8, 4) is 17.1 Å². The number of esters is 2. The first-order chi connectivity index (χ1) is 15.9. The van der Waals surface area contributed by atoms with Gasteiger partial charge in [-0.1, -0.05) is 23.9 Å². The Morgan fingerprint density at radius 2 is 1.76 bits per heavy atom. The molecule has 3 aromatic rings. The van der Waals surface area contributed by atoms with Crippen LogP contribution in [0.4, 0.5) is 5.69 Å². The first-order valence-corrected chi connectivity index (χ1v) is 10.6. The molecule has 0 atom stereocenters. The van der Waals surface area contributed by atoms with Crippen molar-refractivity contribution in [3.63, 3.8) is 0 Å². The second-order valence-electron chi connectivity index (χ2n) is 6.68. The minimum absolute atomic E-state index is 0.00680. The molecule has 0 spiro atoms. The highest BCUT2D eigenvalue weighted by Crippen LogP contribution is 2.26. The Hall–Kier alpha value is -3.86. The van der Waals surface area contributed by atoms with Crippen LogP contribution >= 0.6 is 11.8 Å². The van der Waals surface area contributed by atoms with E-state index in [0.29, 0.717) is 16.7 Å². The molecule has 0 unspecified atom stereocenters. The Bertz CT molecular complexity index is 1190. The van der Waals surface area contributed by atoms with Crippen molar-refractivity contribution < 1.29 is 28.6 Å². The van der Waals surface area contributed by atoms with E-state index in [-0.39, 0.29) is 22.6 Å². The second-order valence-corrected chi connectivity index (χ2v) is 7.62. The van der Waals surface area contributed by atoms with Crippen molar-refractivity contribution in [1.82, 2.24) is 14.8 Å². The van der Waals surface area contributed by atoms with Crippen LogP contribution in [-0.2, 0) is 21.3 Å². The average Bonchev–Trinajstić information content (AvgIpc) is 3.21. The minimum Gasteiger partial charge on any atom is -0.497 e. The maximum absolute atomic E-state index is 12.6. The minimum atomic E-state index is -0.648. The number of amides is 1. The molecule has 0 bridgehead atoms. The fraction of sp³-hybridized carbons (Fsp3) is 0.227. The van der Waals surface area contributed by atoms with Gasteiger partial charge in [-0.05, 0) is 30.3 Å². The van der Waals surface area contributed by atoms with Crippen LogP contribution in [0.25, 0.3) is 11.4 Å². The molecule has 11 heteroatoms. The van der Waals surface area contributed by atoms with Crippen LogP contribution in [0.5, 0.6) is 5.75 Å². The summed E-state index contributed by atoms with van der Waals surface area (Å²) >= 11 is 1.17. The number of methoxy groups -OCH3 is 3. The van der Waals surface area contributed by atoms with Crippen molar-refractivity contribution in [2.24, 2.45) is 7.05 Å². The molecule has 0 aliphatic rings. The number of nitrogens with zero attached hydrogens (tertiary/aromatic N) is 3. The molecule has 0 radical (unpaired) electrons. The van der Waals surface area contributed by atoms with Gasteiger partial charge in [0.25, 0.3) is 0 Å². The standard InChI is InChI=1S/C22H22N4O6S/c1-26-19(13-6-5-7-15(10-13)30-2)24-25-22(26)33-12-18(27)23-17-11-14(20(28)31-3)8-9-16(17)21(29)32-4/h5-11H,12H2,1-4H3,(H,23,27). The molecule has 0 saturated heterocycles. The molecule has 1 amide bonds. The van der Waals surface area contributed by atoms with E-state index in [1.54, 1.807) is 18.7 Å². The van der Waals surface area contributed by atoms with E-state index < -0.39 is 17.8 Å². The lowest BCUT2D eigenvalue weighted by Gasteiger charge is -2.11. The number of aromatic nitrogens is 3. The zero-order chi connectivity index (χ0) is 24.0. The highest BCUT2D eigenvalue weighted by Gasteiger charge is 2.18. The topological polar surface area (TPSA) is 122 Å². The molecule has 172 valence electrons. The van der Waals surface area contributed by atoms with Gasteiger partial charge in [0.1, 0.15) is 5.75 Å². The summed E-state index contributed by atoms with van der Waals surface area (Å²) in [5.74, 6) is -0.341. The Kier molecular flexibility index (Phi) is 7.67. The average molecular weight is 471 g/mol. The normalized spacial score (nSPS) is 10.4. The van der Waals surface area contributed by atoms with Crippen LogP contribution in [0.1, 0.15) is 20.7 Å². The highest BCUT2D eigenvalue weighted by molar-refractivity contribution is 7.99. The molecule has 3 rings (SSSR count). The van der Waals surface area contributed by atoms with E-state index in [0.717, 1.165) is 5.56 Å². The van der Waals surface area contributed by atoms with Gasteiger partial charge in [-0.3, -0.25) is 4.79 Å². The van der Waals surface area contributed by atoms with Crippen LogP contribution < -0.4 is 10.1 Å². The zero-order valence-corrected chi connectivity index (χ0v) is 19.3. The van der Waals surface area contributed by atoms with E-state index in [4.69, 9.17) is 14.2 Å². The highest BCUT2D eigenvalue weighted by atomic mass is 32.2. The molecule has 1 heterocycles. The number of nitrogens with one attached hydrogen (secondary N) is 1. The third-order valence-corrected chi connectivity index (χ3v) is 5.64. The molecule has 1 N–H and O–H groups in total. The van der Waals surface area contributed by atoms with Crippen molar-refractivity contribution >= 4 is 35.3 Å². The van der Waals surface area contributed by atoms with Crippen LogP contribution in [0.3, 0.4) is 0 Å². The number of ether oxygens (including phenoxy) is 3. The lowest BCUT2D eigenvalue weighted by atomic mass is 10.1. The molecule has 2 aromatic carbocycles. The van der Waals surface area contributed by atoms with E-state index in [1.165, 1.54) is 44.2 Å². The molecular formula is C22H22N4O6S. The number of benzene rings is 2. The molecule has 1 aromatic heterocycles. The first kappa shape index (κ1) is 23.8. The lowest BCUT2D eigenvalue weighted by Crippen LogP contribution is -2.18. The lowest BCUT2D eigenvalue weighted by molar-refractivity contribution is -0.113.